The van der Waals surface area contributed by atoms with Crippen molar-refractivity contribution in [1.29, 1.82) is 0 Å². The Morgan fingerprint density at radius 3 is 2.38 bits per heavy atom. The van der Waals surface area contributed by atoms with Crippen LogP contribution in [0.15, 0.2) is 36.4 Å². The highest BCUT2D eigenvalue weighted by Crippen LogP contribution is 2.45. The minimum absolute atomic E-state index is 0. The molecule has 4 nitrogen and oxygen atoms in total. The van der Waals surface area contributed by atoms with E-state index in [-0.39, 0.29) is 23.9 Å². The van der Waals surface area contributed by atoms with E-state index in [9.17, 15) is 4.79 Å². The van der Waals surface area contributed by atoms with Crippen molar-refractivity contribution in [3.63, 3.8) is 0 Å². The number of hydrogen-bond acceptors (Lipinski definition) is 3. The third kappa shape index (κ3) is 4.30. The molecule has 1 saturated heterocycles. The van der Waals surface area contributed by atoms with Gasteiger partial charge in [-0.05, 0) is 41.8 Å². The molecule has 4 rings (SSSR count). The average molecular weight is 416 g/mol. The second kappa shape index (κ2) is 9.46. The molecule has 2 fully saturated rings. The molecule has 1 aliphatic carbocycles. The first-order valence-electron chi connectivity index (χ1n) is 10.8. The summed E-state index contributed by atoms with van der Waals surface area (Å²) in [7, 11) is 3.96. The minimum Gasteiger partial charge on any atom is -0.359 e. The van der Waals surface area contributed by atoms with Crippen LogP contribution in [0.1, 0.15) is 43.2 Å². The van der Waals surface area contributed by atoms with Crippen LogP contribution in [0.25, 0.3) is 10.8 Å². The number of nitrogens with one attached hydrogen (secondary N) is 1. The van der Waals surface area contributed by atoms with Crippen molar-refractivity contribution in [2.24, 2.45) is 0 Å². The van der Waals surface area contributed by atoms with E-state index in [2.05, 4.69) is 58.6 Å². The molecule has 0 aromatic heterocycles. The van der Waals surface area contributed by atoms with Crippen LogP contribution in [-0.2, 0) is 16.8 Å². The Hall–Kier alpha value is -1.62. The molecule has 2 aromatic carbocycles. The van der Waals surface area contributed by atoms with Crippen LogP contribution in [0, 0.1) is 0 Å². The van der Waals surface area contributed by atoms with Crippen molar-refractivity contribution >= 4 is 29.1 Å². The third-order valence-corrected chi connectivity index (χ3v) is 6.95. The number of fused-ring (bicyclic) bond motifs is 1. The summed E-state index contributed by atoms with van der Waals surface area (Å²) in [5.74, 6) is 0.0990. The average Bonchev–Trinajstić information content (AvgIpc) is 2.74. The number of piperazine rings is 1. The maximum absolute atomic E-state index is 12.5. The van der Waals surface area contributed by atoms with Gasteiger partial charge in [0.25, 0.3) is 0 Å². The van der Waals surface area contributed by atoms with Crippen LogP contribution in [0.3, 0.4) is 0 Å². The predicted octanol–water partition coefficient (Wildman–Crippen LogP) is 3.96. The molecule has 1 aliphatic heterocycles. The lowest BCUT2D eigenvalue weighted by atomic mass is 9.72. The second-order valence-electron chi connectivity index (χ2n) is 8.55. The molecule has 1 amide bonds. The molecule has 29 heavy (non-hydrogen) atoms. The maximum atomic E-state index is 12.5. The van der Waals surface area contributed by atoms with Crippen molar-refractivity contribution < 1.29 is 4.79 Å². The van der Waals surface area contributed by atoms with Gasteiger partial charge in [-0.15, -0.1) is 12.4 Å². The number of carbonyl (C=O) groups is 1. The van der Waals surface area contributed by atoms with Gasteiger partial charge in [0.05, 0.1) is 6.42 Å². The van der Waals surface area contributed by atoms with Crippen molar-refractivity contribution in [2.75, 3.05) is 40.3 Å². The Balaban J connectivity index is 0.00000240. The van der Waals surface area contributed by atoms with E-state index in [0.717, 1.165) is 26.2 Å². The fraction of sp³-hybridized carbons (Fsp3) is 0.542. The van der Waals surface area contributed by atoms with Crippen molar-refractivity contribution in [2.45, 2.75) is 44.1 Å². The summed E-state index contributed by atoms with van der Waals surface area (Å²) in [6, 6.07) is 13.1. The standard InChI is InChI=1S/C24H33N3O.ClH/c1-25-23(28)18-21-20-9-5-4-8-19(20)10-11-22(21)24(12-6-3-7-13-24)27-16-14-26(2)15-17-27;/h4-5,8-11H,3,6-7,12-18H2,1-2H3,(H,25,28);1H. The predicted molar refractivity (Wildman–Crippen MR) is 123 cm³/mol. The van der Waals surface area contributed by atoms with Gasteiger partial charge in [0.2, 0.25) is 5.91 Å². The van der Waals surface area contributed by atoms with E-state index in [1.165, 1.54) is 54.0 Å². The van der Waals surface area contributed by atoms with E-state index in [4.69, 9.17) is 0 Å². The van der Waals surface area contributed by atoms with Gasteiger partial charge in [0.1, 0.15) is 0 Å². The number of nitrogens with zero attached hydrogens (tertiary/aromatic N) is 2. The normalized spacial score (nSPS) is 20.2. The third-order valence-electron chi connectivity index (χ3n) is 6.95. The van der Waals surface area contributed by atoms with E-state index in [1.54, 1.807) is 7.05 Å². The highest BCUT2D eigenvalue weighted by Gasteiger charge is 2.42. The van der Waals surface area contributed by atoms with Crippen LogP contribution in [0.2, 0.25) is 0 Å². The van der Waals surface area contributed by atoms with Crippen molar-refractivity contribution in [3.8, 4) is 0 Å². The van der Waals surface area contributed by atoms with Gasteiger partial charge in [-0.25, -0.2) is 0 Å². The summed E-state index contributed by atoms with van der Waals surface area (Å²) in [5, 5.41) is 5.32. The zero-order chi connectivity index (χ0) is 19.6. The van der Waals surface area contributed by atoms with Gasteiger partial charge in [0.15, 0.2) is 0 Å². The Morgan fingerprint density at radius 1 is 1.00 bits per heavy atom. The second-order valence-corrected chi connectivity index (χ2v) is 8.55. The van der Waals surface area contributed by atoms with E-state index < -0.39 is 0 Å². The summed E-state index contributed by atoms with van der Waals surface area (Å²) in [6.45, 7) is 4.48. The molecule has 2 aliphatic rings. The largest absolute Gasteiger partial charge is 0.359 e. The van der Waals surface area contributed by atoms with Gasteiger partial charge in [-0.1, -0.05) is 55.7 Å². The lowest BCUT2D eigenvalue weighted by molar-refractivity contribution is -0.119. The monoisotopic (exact) mass is 415 g/mol. The quantitative estimate of drug-likeness (QED) is 0.821. The number of benzene rings is 2. The molecule has 1 N–H and O–H groups in total. The maximum Gasteiger partial charge on any atom is 0.224 e. The minimum atomic E-state index is 0. The lowest BCUT2D eigenvalue weighted by Crippen LogP contribution is -2.55. The number of likely N-dealkylation sites (N-methyl/N-ethyl adjacent to an activating group) is 2. The topological polar surface area (TPSA) is 35.6 Å². The molecule has 0 radical (unpaired) electrons. The molecule has 158 valence electrons. The van der Waals surface area contributed by atoms with Crippen LogP contribution < -0.4 is 5.32 Å². The zero-order valence-corrected chi connectivity index (χ0v) is 18.6. The lowest BCUT2D eigenvalue weighted by Gasteiger charge is -2.50. The Bertz CT molecular complexity index is 839. The first kappa shape index (κ1) is 22.1. The van der Waals surface area contributed by atoms with Crippen molar-refractivity contribution in [1.82, 2.24) is 15.1 Å². The Morgan fingerprint density at radius 2 is 1.69 bits per heavy atom. The Labute approximate surface area is 181 Å². The molecule has 0 spiro atoms. The molecular formula is C24H34ClN3O. The molecule has 0 bridgehead atoms. The van der Waals surface area contributed by atoms with E-state index in [1.807, 2.05) is 0 Å². The molecule has 1 heterocycles. The molecular weight excluding hydrogens is 382 g/mol. The SMILES string of the molecule is CNC(=O)Cc1c(C2(N3CCN(C)CC3)CCCCC2)ccc2ccccc12.Cl. The highest BCUT2D eigenvalue weighted by atomic mass is 35.5. The number of carbonyl (C=O) groups excluding carboxylic acids is 1. The summed E-state index contributed by atoms with van der Waals surface area (Å²) in [5.41, 5.74) is 2.71. The number of rotatable bonds is 4. The van der Waals surface area contributed by atoms with Crippen LogP contribution in [0.4, 0.5) is 0 Å². The molecule has 0 unspecified atom stereocenters. The van der Waals surface area contributed by atoms with E-state index >= 15 is 0 Å². The molecule has 0 atom stereocenters. The summed E-state index contributed by atoms with van der Waals surface area (Å²) in [4.78, 5) is 17.6. The van der Waals surface area contributed by atoms with Crippen LogP contribution in [0.5, 0.6) is 0 Å². The first-order valence-corrected chi connectivity index (χ1v) is 10.8. The number of hydrogen-bond donors (Lipinski definition) is 1. The summed E-state index contributed by atoms with van der Waals surface area (Å²) >= 11 is 0. The van der Waals surface area contributed by atoms with E-state index in [0.29, 0.717) is 6.42 Å². The number of amides is 1. The fourth-order valence-corrected chi connectivity index (χ4v) is 5.34. The fourth-order valence-electron chi connectivity index (χ4n) is 5.34. The Kier molecular flexibility index (Phi) is 7.20. The smallest absolute Gasteiger partial charge is 0.224 e. The van der Waals surface area contributed by atoms with Gasteiger partial charge < -0.3 is 10.2 Å². The zero-order valence-electron chi connectivity index (χ0n) is 17.7. The van der Waals surface area contributed by atoms with Crippen molar-refractivity contribution in [3.05, 3.63) is 47.5 Å². The summed E-state index contributed by atoms with van der Waals surface area (Å²) < 4.78 is 0. The van der Waals surface area contributed by atoms with Gasteiger partial charge in [-0.3, -0.25) is 9.69 Å². The van der Waals surface area contributed by atoms with Gasteiger partial charge in [-0.2, -0.15) is 0 Å². The molecule has 5 heteroatoms. The van der Waals surface area contributed by atoms with Crippen LogP contribution in [-0.4, -0.2) is 56.0 Å². The molecule has 2 aromatic rings. The number of halogens is 1. The van der Waals surface area contributed by atoms with Crippen LogP contribution >= 0.6 is 12.4 Å². The first-order chi connectivity index (χ1) is 13.6. The van der Waals surface area contributed by atoms with Gasteiger partial charge in [0, 0.05) is 38.8 Å². The summed E-state index contributed by atoms with van der Waals surface area (Å²) in [6.07, 6.45) is 6.75. The molecule has 1 saturated carbocycles. The van der Waals surface area contributed by atoms with Gasteiger partial charge >= 0.3 is 0 Å². The highest BCUT2D eigenvalue weighted by molar-refractivity contribution is 5.91.